The van der Waals surface area contributed by atoms with E-state index >= 15 is 0 Å². The molecule has 4 nitrogen and oxygen atoms in total. The van der Waals surface area contributed by atoms with Crippen LogP contribution in [0, 0.1) is 6.92 Å². The third-order valence-corrected chi connectivity index (χ3v) is 3.07. The van der Waals surface area contributed by atoms with Gasteiger partial charge < -0.3 is 5.73 Å². The fourth-order valence-electron chi connectivity index (χ4n) is 1.41. The summed E-state index contributed by atoms with van der Waals surface area (Å²) in [7, 11) is 0. The van der Waals surface area contributed by atoms with Crippen molar-refractivity contribution in [3.8, 4) is 5.69 Å². The van der Waals surface area contributed by atoms with Gasteiger partial charge >= 0.3 is 0 Å². The highest BCUT2D eigenvalue weighted by Gasteiger charge is 2.09. The van der Waals surface area contributed by atoms with E-state index in [1.165, 1.54) is 0 Å². The molecule has 2 rings (SSSR count). The molecule has 0 aliphatic heterocycles. The van der Waals surface area contributed by atoms with E-state index in [4.69, 9.17) is 28.9 Å². The van der Waals surface area contributed by atoms with E-state index in [0.717, 1.165) is 17.1 Å². The minimum Gasteiger partial charge on any atom is -0.325 e. The molecule has 0 spiro atoms. The normalized spacial score (nSPS) is 10.8. The van der Waals surface area contributed by atoms with Crippen LogP contribution in [-0.4, -0.2) is 15.0 Å². The predicted molar refractivity (Wildman–Crippen MR) is 64.0 cm³/mol. The van der Waals surface area contributed by atoms with Crippen molar-refractivity contribution >= 4 is 23.2 Å². The van der Waals surface area contributed by atoms with Crippen LogP contribution in [0.3, 0.4) is 0 Å². The first-order valence-corrected chi connectivity index (χ1v) is 5.45. The predicted octanol–water partition coefficient (Wildman–Crippen LogP) is 2.34. The Balaban J connectivity index is 2.50. The highest BCUT2D eigenvalue weighted by molar-refractivity contribution is 6.42. The van der Waals surface area contributed by atoms with Crippen LogP contribution < -0.4 is 5.73 Å². The van der Waals surface area contributed by atoms with E-state index in [-0.39, 0.29) is 0 Å². The highest BCUT2D eigenvalue weighted by atomic mass is 35.5. The molecular weight excluding hydrogens is 247 g/mol. The maximum absolute atomic E-state index is 5.94. The molecule has 0 bridgehead atoms. The number of halogens is 2. The molecule has 0 saturated carbocycles. The van der Waals surface area contributed by atoms with Crippen LogP contribution in [0.5, 0.6) is 0 Å². The topological polar surface area (TPSA) is 56.7 Å². The van der Waals surface area contributed by atoms with E-state index in [9.17, 15) is 0 Å². The van der Waals surface area contributed by atoms with Gasteiger partial charge in [-0.25, -0.2) is 4.68 Å². The van der Waals surface area contributed by atoms with Gasteiger partial charge in [-0.2, -0.15) is 0 Å². The number of nitrogens with two attached hydrogens (primary N) is 1. The molecule has 0 saturated heterocycles. The molecule has 0 fully saturated rings. The zero-order valence-corrected chi connectivity index (χ0v) is 10.1. The summed E-state index contributed by atoms with van der Waals surface area (Å²) in [5.74, 6) is 0. The van der Waals surface area contributed by atoms with Crippen LogP contribution in [0.25, 0.3) is 5.69 Å². The monoisotopic (exact) mass is 256 g/mol. The Morgan fingerprint density at radius 2 is 2.06 bits per heavy atom. The summed E-state index contributed by atoms with van der Waals surface area (Å²) >= 11 is 11.8. The highest BCUT2D eigenvalue weighted by Crippen LogP contribution is 2.24. The Morgan fingerprint density at radius 3 is 2.62 bits per heavy atom. The first kappa shape index (κ1) is 11.4. The lowest BCUT2D eigenvalue weighted by Gasteiger charge is -2.04. The van der Waals surface area contributed by atoms with E-state index in [1.807, 2.05) is 13.0 Å². The molecule has 0 amide bonds. The van der Waals surface area contributed by atoms with Gasteiger partial charge in [-0.1, -0.05) is 28.4 Å². The summed E-state index contributed by atoms with van der Waals surface area (Å²) < 4.78 is 1.68. The van der Waals surface area contributed by atoms with Gasteiger partial charge in [-0.15, -0.1) is 5.10 Å². The van der Waals surface area contributed by atoms with Crippen molar-refractivity contribution in [2.24, 2.45) is 5.73 Å². The number of hydrogen-bond acceptors (Lipinski definition) is 3. The quantitative estimate of drug-likeness (QED) is 0.898. The lowest BCUT2D eigenvalue weighted by atomic mass is 10.3. The zero-order chi connectivity index (χ0) is 11.7. The van der Waals surface area contributed by atoms with Crippen molar-refractivity contribution in [3.05, 3.63) is 39.6 Å². The molecule has 1 aromatic heterocycles. The molecule has 0 radical (unpaired) electrons. The van der Waals surface area contributed by atoms with Crippen LogP contribution in [0.1, 0.15) is 11.4 Å². The van der Waals surface area contributed by atoms with Crippen LogP contribution in [0.4, 0.5) is 0 Å². The second kappa shape index (κ2) is 4.41. The Bertz CT molecular complexity index is 522. The zero-order valence-electron chi connectivity index (χ0n) is 8.61. The van der Waals surface area contributed by atoms with Gasteiger partial charge in [0.05, 0.1) is 27.1 Å². The van der Waals surface area contributed by atoms with Crippen molar-refractivity contribution in [3.63, 3.8) is 0 Å². The second-order valence-electron chi connectivity index (χ2n) is 3.34. The summed E-state index contributed by atoms with van der Waals surface area (Å²) in [6, 6.07) is 5.30. The third kappa shape index (κ3) is 1.91. The Kier molecular flexibility index (Phi) is 3.14. The fraction of sp³-hybridized carbons (Fsp3) is 0.200. The summed E-state index contributed by atoms with van der Waals surface area (Å²) in [4.78, 5) is 0. The molecule has 16 heavy (non-hydrogen) atoms. The lowest BCUT2D eigenvalue weighted by Crippen LogP contribution is -2.02. The van der Waals surface area contributed by atoms with Crippen molar-refractivity contribution in [2.75, 3.05) is 0 Å². The van der Waals surface area contributed by atoms with Crippen molar-refractivity contribution in [1.29, 1.82) is 0 Å². The molecule has 1 aromatic carbocycles. The van der Waals surface area contributed by atoms with Gasteiger partial charge in [0.25, 0.3) is 0 Å². The molecule has 84 valence electrons. The van der Waals surface area contributed by atoms with Crippen LogP contribution in [-0.2, 0) is 6.54 Å². The number of aromatic nitrogens is 3. The molecular formula is C10H10Cl2N4. The maximum Gasteiger partial charge on any atom is 0.0996 e. The molecule has 6 heteroatoms. The smallest absolute Gasteiger partial charge is 0.0996 e. The Hall–Kier alpha value is -1.10. The van der Waals surface area contributed by atoms with Crippen LogP contribution in [0.2, 0.25) is 10.0 Å². The van der Waals surface area contributed by atoms with Gasteiger partial charge in [-0.05, 0) is 25.1 Å². The summed E-state index contributed by atoms with van der Waals surface area (Å²) in [5.41, 5.74) is 8.02. The van der Waals surface area contributed by atoms with E-state index in [0.29, 0.717) is 16.6 Å². The van der Waals surface area contributed by atoms with Gasteiger partial charge in [0.2, 0.25) is 0 Å². The van der Waals surface area contributed by atoms with Crippen molar-refractivity contribution in [2.45, 2.75) is 13.5 Å². The number of rotatable bonds is 2. The van der Waals surface area contributed by atoms with Gasteiger partial charge in [0, 0.05) is 6.54 Å². The van der Waals surface area contributed by atoms with Crippen LogP contribution >= 0.6 is 23.2 Å². The first-order chi connectivity index (χ1) is 7.63. The number of benzene rings is 1. The Labute approximate surface area is 103 Å². The third-order valence-electron chi connectivity index (χ3n) is 2.33. The molecule has 2 aromatic rings. The fourth-order valence-corrected chi connectivity index (χ4v) is 1.70. The summed E-state index contributed by atoms with van der Waals surface area (Å²) in [6.07, 6.45) is 0. The molecule has 0 aliphatic carbocycles. The van der Waals surface area contributed by atoms with Gasteiger partial charge in [0.15, 0.2) is 0 Å². The standard InChI is InChI=1S/C10H10Cl2N4/c1-6-10(5-13)14-15-16(6)7-2-3-8(11)9(12)4-7/h2-4H,5,13H2,1H3. The minimum atomic E-state index is 0.368. The summed E-state index contributed by atoms with van der Waals surface area (Å²) in [6.45, 7) is 2.28. The first-order valence-electron chi connectivity index (χ1n) is 4.70. The van der Waals surface area contributed by atoms with Crippen molar-refractivity contribution in [1.82, 2.24) is 15.0 Å². The van der Waals surface area contributed by atoms with E-state index in [2.05, 4.69) is 10.3 Å². The second-order valence-corrected chi connectivity index (χ2v) is 4.15. The van der Waals surface area contributed by atoms with E-state index in [1.54, 1.807) is 16.8 Å². The average Bonchev–Trinajstić information content (AvgIpc) is 2.64. The minimum absolute atomic E-state index is 0.368. The average molecular weight is 257 g/mol. The maximum atomic E-state index is 5.94. The molecule has 1 heterocycles. The SMILES string of the molecule is Cc1c(CN)nnn1-c1ccc(Cl)c(Cl)c1. The molecule has 0 unspecified atom stereocenters. The molecule has 2 N–H and O–H groups in total. The van der Waals surface area contributed by atoms with Crippen molar-refractivity contribution < 1.29 is 0 Å². The Morgan fingerprint density at radius 1 is 1.31 bits per heavy atom. The summed E-state index contributed by atoms with van der Waals surface area (Å²) in [5, 5.41) is 8.99. The van der Waals surface area contributed by atoms with E-state index < -0.39 is 0 Å². The molecule has 0 atom stereocenters. The number of nitrogens with zero attached hydrogens (tertiary/aromatic N) is 3. The number of hydrogen-bond donors (Lipinski definition) is 1. The van der Waals surface area contributed by atoms with Gasteiger partial charge in [0.1, 0.15) is 0 Å². The van der Waals surface area contributed by atoms with Crippen LogP contribution in [0.15, 0.2) is 18.2 Å². The lowest BCUT2D eigenvalue weighted by molar-refractivity contribution is 0.783. The molecule has 0 aliphatic rings. The van der Waals surface area contributed by atoms with Gasteiger partial charge in [-0.3, -0.25) is 0 Å². The largest absolute Gasteiger partial charge is 0.325 e.